The van der Waals surface area contributed by atoms with Crippen LogP contribution in [0.25, 0.3) is 0 Å². The average Bonchev–Trinajstić information content (AvgIpc) is 2.81. The summed E-state index contributed by atoms with van der Waals surface area (Å²) in [5, 5.41) is 4.63. The first kappa shape index (κ1) is 13.1. The summed E-state index contributed by atoms with van der Waals surface area (Å²) in [6.07, 6.45) is 6.20. The average molecular weight is 265 g/mol. The first-order valence-electron chi connectivity index (χ1n) is 7.19. The Morgan fingerprint density at radius 2 is 2.21 bits per heavy atom. The molecule has 2 aliphatic heterocycles. The maximum atomic E-state index is 6.08. The van der Waals surface area contributed by atoms with Crippen molar-refractivity contribution in [2.45, 2.75) is 50.8 Å². The standard InChI is InChI=1S/C14H23N3O2/c1-11-12(9-15)10-17(16-11)13-2-5-19-14(8-13)3-6-18-7-4-14/h10,13H,2-9,15H2,1H3. The SMILES string of the molecule is Cc1nn(C2CCOC3(CCOCC3)C2)cc1CN. The number of aromatic nitrogens is 2. The van der Waals surface area contributed by atoms with Gasteiger partial charge >= 0.3 is 0 Å². The third-order valence-corrected chi connectivity index (χ3v) is 4.48. The Morgan fingerprint density at radius 1 is 1.42 bits per heavy atom. The molecule has 0 radical (unpaired) electrons. The van der Waals surface area contributed by atoms with Crippen LogP contribution >= 0.6 is 0 Å². The van der Waals surface area contributed by atoms with Crippen molar-refractivity contribution >= 4 is 0 Å². The van der Waals surface area contributed by atoms with E-state index in [2.05, 4.69) is 16.0 Å². The lowest BCUT2D eigenvalue weighted by atomic mass is 9.84. The minimum Gasteiger partial charge on any atom is -0.381 e. The third kappa shape index (κ3) is 2.55. The molecule has 5 nitrogen and oxygen atoms in total. The van der Waals surface area contributed by atoms with Gasteiger partial charge in [0.05, 0.1) is 17.3 Å². The third-order valence-electron chi connectivity index (χ3n) is 4.48. The smallest absolute Gasteiger partial charge is 0.0746 e. The summed E-state index contributed by atoms with van der Waals surface area (Å²) in [4.78, 5) is 0. The molecule has 2 N–H and O–H groups in total. The zero-order valence-electron chi connectivity index (χ0n) is 11.6. The summed E-state index contributed by atoms with van der Waals surface area (Å²) in [7, 11) is 0. The van der Waals surface area contributed by atoms with E-state index in [-0.39, 0.29) is 5.60 Å². The van der Waals surface area contributed by atoms with Crippen LogP contribution < -0.4 is 5.73 Å². The monoisotopic (exact) mass is 265 g/mol. The van der Waals surface area contributed by atoms with Crippen molar-refractivity contribution in [2.24, 2.45) is 5.73 Å². The maximum Gasteiger partial charge on any atom is 0.0746 e. The number of aryl methyl sites for hydroxylation is 1. The number of nitrogens with zero attached hydrogens (tertiary/aromatic N) is 2. The molecule has 0 saturated carbocycles. The van der Waals surface area contributed by atoms with E-state index >= 15 is 0 Å². The van der Waals surface area contributed by atoms with Gasteiger partial charge in [-0.3, -0.25) is 4.68 Å². The Morgan fingerprint density at radius 3 is 2.89 bits per heavy atom. The van der Waals surface area contributed by atoms with Gasteiger partial charge in [-0.15, -0.1) is 0 Å². The van der Waals surface area contributed by atoms with Crippen LogP contribution in [0, 0.1) is 6.92 Å². The first-order valence-corrected chi connectivity index (χ1v) is 7.19. The first-order chi connectivity index (χ1) is 9.22. The molecule has 1 aromatic rings. The number of hydrogen-bond donors (Lipinski definition) is 1. The molecule has 106 valence electrons. The van der Waals surface area contributed by atoms with E-state index in [1.165, 1.54) is 0 Å². The van der Waals surface area contributed by atoms with Crippen molar-refractivity contribution in [1.29, 1.82) is 0 Å². The van der Waals surface area contributed by atoms with Crippen LogP contribution in [0.5, 0.6) is 0 Å². The molecule has 3 heterocycles. The van der Waals surface area contributed by atoms with Crippen molar-refractivity contribution in [3.63, 3.8) is 0 Å². The number of rotatable bonds is 2. The predicted molar refractivity (Wildman–Crippen MR) is 71.9 cm³/mol. The molecule has 3 rings (SSSR count). The molecule has 2 fully saturated rings. The highest BCUT2D eigenvalue weighted by Gasteiger charge is 2.39. The largest absolute Gasteiger partial charge is 0.381 e. The van der Waals surface area contributed by atoms with Crippen LogP contribution in [0.3, 0.4) is 0 Å². The van der Waals surface area contributed by atoms with Gasteiger partial charge in [0.15, 0.2) is 0 Å². The van der Waals surface area contributed by atoms with E-state index in [9.17, 15) is 0 Å². The quantitative estimate of drug-likeness (QED) is 0.881. The fourth-order valence-electron chi connectivity index (χ4n) is 3.23. The Balaban J connectivity index is 1.76. The van der Waals surface area contributed by atoms with Crippen LogP contribution in [0.4, 0.5) is 0 Å². The molecule has 0 aliphatic carbocycles. The highest BCUT2D eigenvalue weighted by molar-refractivity contribution is 5.15. The van der Waals surface area contributed by atoms with Gasteiger partial charge in [0.25, 0.3) is 0 Å². The second kappa shape index (κ2) is 5.23. The minimum absolute atomic E-state index is 0.0178. The van der Waals surface area contributed by atoms with E-state index in [1.54, 1.807) is 0 Å². The molecule has 1 atom stereocenters. The Bertz CT molecular complexity index is 432. The normalized spacial score (nSPS) is 26.7. The topological polar surface area (TPSA) is 62.3 Å². The highest BCUT2D eigenvalue weighted by Crippen LogP contribution is 2.39. The van der Waals surface area contributed by atoms with E-state index in [1.807, 2.05) is 6.92 Å². The fraction of sp³-hybridized carbons (Fsp3) is 0.786. The van der Waals surface area contributed by atoms with Gasteiger partial charge in [-0.25, -0.2) is 0 Å². The maximum absolute atomic E-state index is 6.08. The number of hydrogen-bond acceptors (Lipinski definition) is 4. The van der Waals surface area contributed by atoms with Crippen LogP contribution in [0.2, 0.25) is 0 Å². The summed E-state index contributed by atoms with van der Waals surface area (Å²) in [6, 6.07) is 0.436. The van der Waals surface area contributed by atoms with Gasteiger partial charge < -0.3 is 15.2 Å². The van der Waals surface area contributed by atoms with Crippen molar-refractivity contribution in [1.82, 2.24) is 9.78 Å². The summed E-state index contributed by atoms with van der Waals surface area (Å²) >= 11 is 0. The van der Waals surface area contributed by atoms with Gasteiger partial charge in [-0.2, -0.15) is 5.10 Å². The molecule has 2 aliphatic rings. The summed E-state index contributed by atoms with van der Waals surface area (Å²) in [6.45, 7) is 5.05. The molecule has 0 bridgehead atoms. The van der Waals surface area contributed by atoms with Gasteiger partial charge in [0.1, 0.15) is 0 Å². The Hall–Kier alpha value is -0.910. The second-order valence-electron chi connectivity index (χ2n) is 5.71. The number of ether oxygens (including phenoxy) is 2. The van der Waals surface area contributed by atoms with Crippen molar-refractivity contribution < 1.29 is 9.47 Å². The lowest BCUT2D eigenvalue weighted by Gasteiger charge is -2.43. The summed E-state index contributed by atoms with van der Waals surface area (Å²) < 4.78 is 13.6. The second-order valence-corrected chi connectivity index (χ2v) is 5.71. The van der Waals surface area contributed by atoms with E-state index in [4.69, 9.17) is 15.2 Å². The lowest BCUT2D eigenvalue weighted by molar-refractivity contribution is -0.145. The molecule has 5 heteroatoms. The minimum atomic E-state index is 0.0178. The zero-order valence-corrected chi connectivity index (χ0v) is 11.6. The molecule has 0 amide bonds. The fourth-order valence-corrected chi connectivity index (χ4v) is 3.23. The molecule has 1 aromatic heterocycles. The van der Waals surface area contributed by atoms with Gasteiger partial charge in [0, 0.05) is 38.1 Å². The van der Waals surface area contributed by atoms with Crippen LogP contribution in [-0.4, -0.2) is 35.2 Å². The van der Waals surface area contributed by atoms with Crippen molar-refractivity contribution in [3.8, 4) is 0 Å². The zero-order chi connectivity index (χ0) is 13.3. The van der Waals surface area contributed by atoms with Gasteiger partial charge in [-0.1, -0.05) is 0 Å². The van der Waals surface area contributed by atoms with Crippen molar-refractivity contribution in [3.05, 3.63) is 17.5 Å². The Labute approximate surface area is 114 Å². The molecular formula is C14H23N3O2. The van der Waals surface area contributed by atoms with Crippen LogP contribution in [0.15, 0.2) is 6.20 Å². The molecule has 0 aromatic carbocycles. The van der Waals surface area contributed by atoms with Crippen LogP contribution in [-0.2, 0) is 16.0 Å². The molecule has 1 spiro atoms. The number of nitrogens with two attached hydrogens (primary N) is 1. The molecule has 2 saturated heterocycles. The lowest BCUT2D eigenvalue weighted by Crippen LogP contribution is -2.44. The predicted octanol–water partition coefficient (Wildman–Crippen LogP) is 1.55. The van der Waals surface area contributed by atoms with E-state index < -0.39 is 0 Å². The molecule has 1 unspecified atom stereocenters. The van der Waals surface area contributed by atoms with E-state index in [0.29, 0.717) is 12.6 Å². The van der Waals surface area contributed by atoms with E-state index in [0.717, 1.165) is 56.8 Å². The Kier molecular flexibility index (Phi) is 3.60. The highest BCUT2D eigenvalue weighted by atomic mass is 16.5. The molecule has 19 heavy (non-hydrogen) atoms. The van der Waals surface area contributed by atoms with Crippen molar-refractivity contribution in [2.75, 3.05) is 19.8 Å². The van der Waals surface area contributed by atoms with Gasteiger partial charge in [-0.05, 0) is 32.6 Å². The van der Waals surface area contributed by atoms with Gasteiger partial charge in [0.2, 0.25) is 0 Å². The van der Waals surface area contributed by atoms with Crippen LogP contribution in [0.1, 0.15) is 43.0 Å². The summed E-state index contributed by atoms with van der Waals surface area (Å²) in [5.74, 6) is 0. The summed E-state index contributed by atoms with van der Waals surface area (Å²) in [5.41, 5.74) is 7.95. The molecular weight excluding hydrogens is 242 g/mol.